The Morgan fingerprint density at radius 1 is 1.00 bits per heavy atom. The van der Waals surface area contributed by atoms with Gasteiger partial charge in [-0.1, -0.05) is 114 Å². The van der Waals surface area contributed by atoms with Gasteiger partial charge >= 0.3 is 0 Å². The molecule has 0 aliphatic heterocycles. The maximum Gasteiger partial charge on any atom is 0.0360 e. The van der Waals surface area contributed by atoms with Crippen molar-refractivity contribution in [1.29, 1.82) is 0 Å². The summed E-state index contributed by atoms with van der Waals surface area (Å²) < 4.78 is 0. The lowest BCUT2D eigenvalue weighted by Crippen LogP contribution is -2.30. The molecular weight excluding hydrogens is 388 g/mol. The van der Waals surface area contributed by atoms with Crippen molar-refractivity contribution in [1.82, 2.24) is 5.32 Å². The van der Waals surface area contributed by atoms with Crippen molar-refractivity contribution in [3.8, 4) is 0 Å². The van der Waals surface area contributed by atoms with Crippen molar-refractivity contribution < 1.29 is 0 Å². The van der Waals surface area contributed by atoms with Crippen LogP contribution in [0.3, 0.4) is 0 Å². The third kappa shape index (κ3) is 13.6. The van der Waals surface area contributed by atoms with Crippen LogP contribution < -0.4 is 5.32 Å². The second-order valence-corrected chi connectivity index (χ2v) is 9.44. The van der Waals surface area contributed by atoms with Crippen molar-refractivity contribution in [2.24, 2.45) is 22.7 Å². The molecule has 0 fully saturated rings. The molecule has 0 saturated heterocycles. The zero-order chi connectivity index (χ0) is 24.4. The number of unbranched alkanes of at least 4 members (excludes halogenated alkanes) is 6. The molecule has 0 aliphatic carbocycles. The van der Waals surface area contributed by atoms with Crippen LogP contribution in [-0.2, 0) is 0 Å². The summed E-state index contributed by atoms with van der Waals surface area (Å²) in [5, 5.41) is 3.54. The van der Waals surface area contributed by atoms with Gasteiger partial charge in [-0.15, -0.1) is 0 Å². The Morgan fingerprint density at radius 3 is 2.16 bits per heavy atom. The zero-order valence-corrected chi connectivity index (χ0v) is 22.3. The molecule has 2 heteroatoms. The van der Waals surface area contributed by atoms with E-state index in [0.29, 0.717) is 17.8 Å². The summed E-state index contributed by atoms with van der Waals surface area (Å²) in [7, 11) is 1.96. The normalized spacial score (nSPS) is 15.0. The van der Waals surface area contributed by atoms with Gasteiger partial charge in [-0.25, -0.2) is 0 Å². The average Bonchev–Trinajstić information content (AvgIpc) is 2.74. The topological polar surface area (TPSA) is 24.4 Å². The molecule has 1 N–H and O–H groups in total. The fourth-order valence-corrected chi connectivity index (χ4v) is 4.23. The molecule has 2 atom stereocenters. The van der Waals surface area contributed by atoms with Crippen molar-refractivity contribution in [3.05, 3.63) is 60.4 Å². The van der Waals surface area contributed by atoms with E-state index in [0.717, 1.165) is 17.8 Å². The largest absolute Gasteiger partial charge is 0.385 e. The summed E-state index contributed by atoms with van der Waals surface area (Å²) in [6.07, 6.45) is 21.2. The van der Waals surface area contributed by atoms with Gasteiger partial charge in [-0.05, 0) is 39.2 Å². The van der Waals surface area contributed by atoms with Crippen LogP contribution in [0.4, 0.5) is 0 Å². The lowest BCUT2D eigenvalue weighted by Gasteiger charge is -2.30. The molecule has 0 bridgehead atoms. The molecule has 0 heterocycles. The molecule has 0 amide bonds. The lowest BCUT2D eigenvalue weighted by atomic mass is 9.76. The summed E-state index contributed by atoms with van der Waals surface area (Å²) in [4.78, 5) is 4.76. The highest BCUT2D eigenvalue weighted by Crippen LogP contribution is 2.30. The first kappa shape index (κ1) is 30.2. The van der Waals surface area contributed by atoms with Crippen molar-refractivity contribution in [2.75, 3.05) is 13.6 Å². The summed E-state index contributed by atoms with van der Waals surface area (Å²) in [5.74, 6) is 1.19. The number of nitrogens with zero attached hydrogens (tertiary/aromatic N) is 1. The standard InChI is InChI=1S/C30H52N2/c1-10-12-13-14-15-16-17-22-29(30(31-9)25(5)6)28(19-11-2)26(7)23-32-27(8)21-18-20-24(3)4/h11,18-21,25,28-29,32H,3,7,10,12-17,22-23H2,1-2,4-6,8-9H3/b19-11-,20-18-,27-21-,31-30+. The molecule has 0 aromatic rings. The van der Waals surface area contributed by atoms with Gasteiger partial charge in [-0.3, -0.25) is 4.99 Å². The summed E-state index contributed by atoms with van der Waals surface area (Å²) in [5.41, 5.74) is 4.76. The predicted molar refractivity (Wildman–Crippen MR) is 147 cm³/mol. The van der Waals surface area contributed by atoms with Gasteiger partial charge < -0.3 is 5.32 Å². The lowest BCUT2D eigenvalue weighted by molar-refractivity contribution is 0.462. The molecule has 0 saturated carbocycles. The maximum atomic E-state index is 4.76. The smallest absolute Gasteiger partial charge is 0.0360 e. The highest BCUT2D eigenvalue weighted by Gasteiger charge is 2.27. The van der Waals surface area contributed by atoms with Gasteiger partial charge in [0.05, 0.1) is 0 Å². The summed E-state index contributed by atoms with van der Waals surface area (Å²) in [6, 6.07) is 0. The highest BCUT2D eigenvalue weighted by atomic mass is 14.9. The Kier molecular flexibility index (Phi) is 17.6. The Balaban J connectivity index is 5.22. The van der Waals surface area contributed by atoms with Gasteiger partial charge in [0.1, 0.15) is 0 Å². The molecule has 32 heavy (non-hydrogen) atoms. The molecular formula is C30H52N2. The number of rotatable bonds is 18. The maximum absolute atomic E-state index is 4.76. The number of aliphatic imine (C=N–C) groups is 1. The van der Waals surface area contributed by atoms with Crippen molar-refractivity contribution >= 4 is 5.71 Å². The first-order valence-electron chi connectivity index (χ1n) is 12.8. The molecule has 2 nitrogen and oxygen atoms in total. The van der Waals surface area contributed by atoms with E-state index >= 15 is 0 Å². The van der Waals surface area contributed by atoms with E-state index in [1.54, 1.807) is 0 Å². The Bertz CT molecular complexity index is 646. The number of nitrogens with one attached hydrogen (secondary N) is 1. The van der Waals surface area contributed by atoms with E-state index in [9.17, 15) is 0 Å². The molecule has 0 aromatic heterocycles. The zero-order valence-electron chi connectivity index (χ0n) is 22.3. The van der Waals surface area contributed by atoms with Gasteiger partial charge in [0.2, 0.25) is 0 Å². The van der Waals surface area contributed by atoms with Gasteiger partial charge in [0, 0.05) is 36.8 Å². The van der Waals surface area contributed by atoms with Crippen LogP contribution in [0.15, 0.2) is 65.4 Å². The van der Waals surface area contributed by atoms with Crippen LogP contribution in [0.1, 0.15) is 92.9 Å². The van der Waals surface area contributed by atoms with Gasteiger partial charge in [-0.2, -0.15) is 0 Å². The number of hydrogen-bond donors (Lipinski definition) is 1. The minimum absolute atomic E-state index is 0.312. The van der Waals surface area contributed by atoms with Crippen molar-refractivity contribution in [2.45, 2.75) is 92.9 Å². The van der Waals surface area contributed by atoms with Gasteiger partial charge in [0.15, 0.2) is 0 Å². The molecule has 0 radical (unpaired) electrons. The first-order chi connectivity index (χ1) is 15.3. The highest BCUT2D eigenvalue weighted by molar-refractivity contribution is 5.89. The van der Waals surface area contributed by atoms with E-state index in [1.165, 1.54) is 62.7 Å². The van der Waals surface area contributed by atoms with E-state index in [-0.39, 0.29) is 0 Å². The van der Waals surface area contributed by atoms with Crippen LogP contribution >= 0.6 is 0 Å². The van der Waals surface area contributed by atoms with Crippen LogP contribution in [0, 0.1) is 17.8 Å². The third-order valence-electron chi connectivity index (χ3n) is 5.97. The molecule has 182 valence electrons. The monoisotopic (exact) mass is 440 g/mol. The van der Waals surface area contributed by atoms with E-state index in [2.05, 4.69) is 71.3 Å². The molecule has 0 rings (SSSR count). The van der Waals surface area contributed by atoms with Gasteiger partial charge in [0.25, 0.3) is 0 Å². The van der Waals surface area contributed by atoms with E-state index < -0.39 is 0 Å². The molecule has 0 spiro atoms. The minimum Gasteiger partial charge on any atom is -0.385 e. The average molecular weight is 441 g/mol. The van der Waals surface area contributed by atoms with Crippen molar-refractivity contribution in [3.63, 3.8) is 0 Å². The van der Waals surface area contributed by atoms with Crippen LogP contribution in [0.2, 0.25) is 0 Å². The van der Waals surface area contributed by atoms with E-state index in [4.69, 9.17) is 4.99 Å². The van der Waals surface area contributed by atoms with Crippen LogP contribution in [0.25, 0.3) is 0 Å². The fourth-order valence-electron chi connectivity index (χ4n) is 4.23. The Labute approximate surface area is 200 Å². The Morgan fingerprint density at radius 2 is 1.62 bits per heavy atom. The number of allylic oxidation sites excluding steroid dienone is 7. The van der Waals surface area contributed by atoms with Crippen LogP contribution in [-0.4, -0.2) is 19.3 Å². The fraction of sp³-hybridized carbons (Fsp3) is 0.633. The minimum atomic E-state index is 0.312. The second kappa shape index (κ2) is 18.7. The molecule has 0 aliphatic rings. The van der Waals surface area contributed by atoms with Crippen LogP contribution in [0.5, 0.6) is 0 Å². The predicted octanol–water partition coefficient (Wildman–Crippen LogP) is 8.84. The third-order valence-corrected chi connectivity index (χ3v) is 5.97. The summed E-state index contributed by atoms with van der Waals surface area (Å²) >= 11 is 0. The SMILES string of the molecule is C=C(C)/C=C\C=C(\C)NCC(=C)C(/C=C\C)C(CCCCCCCCC)/C(=N/C)C(C)C. The quantitative estimate of drug-likeness (QED) is 0.0978. The molecule has 2 unspecified atom stereocenters. The summed E-state index contributed by atoms with van der Waals surface area (Å²) in [6.45, 7) is 22.2. The second-order valence-electron chi connectivity index (χ2n) is 9.44. The molecule has 0 aromatic carbocycles. The number of hydrogen-bond acceptors (Lipinski definition) is 2. The first-order valence-corrected chi connectivity index (χ1v) is 12.8. The van der Waals surface area contributed by atoms with E-state index in [1.807, 2.05) is 26.1 Å². The Hall–Kier alpha value is -1.83.